The van der Waals surface area contributed by atoms with E-state index in [9.17, 15) is 9.90 Å². The molecule has 1 aromatic heterocycles. The number of ether oxygens (including phenoxy) is 1. The first-order chi connectivity index (χ1) is 9.15. The van der Waals surface area contributed by atoms with Crippen LogP contribution in [0.5, 0.6) is 11.5 Å². The number of hydrogen-bond acceptors (Lipinski definition) is 3. The van der Waals surface area contributed by atoms with Crippen molar-refractivity contribution in [2.24, 2.45) is 7.05 Å². The van der Waals surface area contributed by atoms with Crippen LogP contribution >= 0.6 is 0 Å². The molecule has 4 nitrogen and oxygen atoms in total. The molecule has 1 N–H and O–H groups in total. The predicted octanol–water partition coefficient (Wildman–Crippen LogP) is 2.41. The minimum absolute atomic E-state index is 0.00261. The predicted molar refractivity (Wildman–Crippen MR) is 74.9 cm³/mol. The Kier molecular flexibility index (Phi) is 2.45. The maximum absolute atomic E-state index is 12.5. The van der Waals surface area contributed by atoms with Gasteiger partial charge in [-0.3, -0.25) is 4.79 Å². The number of pyridine rings is 1. The van der Waals surface area contributed by atoms with Crippen LogP contribution in [0.4, 0.5) is 0 Å². The van der Waals surface area contributed by atoms with Gasteiger partial charge in [-0.15, -0.1) is 0 Å². The molecule has 2 aromatic carbocycles. The summed E-state index contributed by atoms with van der Waals surface area (Å²) in [6, 6.07) is 10.4. The van der Waals surface area contributed by atoms with Crippen LogP contribution in [0.25, 0.3) is 21.8 Å². The minimum Gasteiger partial charge on any atom is -0.507 e. The van der Waals surface area contributed by atoms with Crippen LogP contribution in [-0.4, -0.2) is 16.8 Å². The lowest BCUT2D eigenvalue weighted by Crippen LogP contribution is -2.10. The van der Waals surface area contributed by atoms with Crippen LogP contribution < -0.4 is 10.2 Å². The van der Waals surface area contributed by atoms with E-state index in [1.165, 1.54) is 6.07 Å². The van der Waals surface area contributed by atoms with Crippen molar-refractivity contribution in [1.29, 1.82) is 0 Å². The van der Waals surface area contributed by atoms with Crippen molar-refractivity contribution in [2.75, 3.05) is 7.11 Å². The molecule has 4 heteroatoms. The standard InChI is InChI=1S/C15H13NO3/c1-16-10-6-4-7-11(17)13(10)15(18)9-5-3-8-12(19-2)14(9)16/h3-8,17H,1-2H3. The van der Waals surface area contributed by atoms with Crippen molar-refractivity contribution in [3.05, 3.63) is 46.6 Å². The van der Waals surface area contributed by atoms with E-state index in [1.54, 1.807) is 25.3 Å². The molecular weight excluding hydrogens is 242 g/mol. The van der Waals surface area contributed by atoms with E-state index < -0.39 is 0 Å². The van der Waals surface area contributed by atoms with Gasteiger partial charge in [-0.25, -0.2) is 0 Å². The van der Waals surface area contributed by atoms with Crippen molar-refractivity contribution in [3.8, 4) is 11.5 Å². The third-order valence-corrected chi connectivity index (χ3v) is 3.41. The summed E-state index contributed by atoms with van der Waals surface area (Å²) in [7, 11) is 3.43. The Morgan fingerprint density at radius 2 is 1.89 bits per heavy atom. The summed E-state index contributed by atoms with van der Waals surface area (Å²) >= 11 is 0. The fourth-order valence-electron chi connectivity index (χ4n) is 2.51. The number of nitrogens with zero attached hydrogens (tertiary/aromatic N) is 1. The van der Waals surface area contributed by atoms with Crippen molar-refractivity contribution >= 4 is 21.8 Å². The van der Waals surface area contributed by atoms with E-state index in [-0.39, 0.29) is 11.2 Å². The summed E-state index contributed by atoms with van der Waals surface area (Å²) < 4.78 is 7.19. The quantitative estimate of drug-likeness (QED) is 0.679. The van der Waals surface area contributed by atoms with Gasteiger partial charge >= 0.3 is 0 Å². The highest BCUT2D eigenvalue weighted by Crippen LogP contribution is 2.29. The van der Waals surface area contributed by atoms with Gasteiger partial charge in [0.1, 0.15) is 11.5 Å². The largest absolute Gasteiger partial charge is 0.507 e. The van der Waals surface area contributed by atoms with Crippen LogP contribution in [0.2, 0.25) is 0 Å². The number of phenolic OH excluding ortho intramolecular Hbond substituents is 1. The highest BCUT2D eigenvalue weighted by Gasteiger charge is 2.14. The summed E-state index contributed by atoms with van der Waals surface area (Å²) in [5.74, 6) is 0.644. The average molecular weight is 255 g/mol. The molecule has 0 saturated carbocycles. The van der Waals surface area contributed by atoms with Crippen molar-refractivity contribution in [3.63, 3.8) is 0 Å². The molecule has 0 aliphatic carbocycles. The first-order valence-electron chi connectivity index (χ1n) is 5.92. The van der Waals surface area contributed by atoms with Gasteiger partial charge in [0.05, 0.1) is 28.9 Å². The molecule has 0 saturated heterocycles. The second kappa shape index (κ2) is 4.02. The monoisotopic (exact) mass is 255 g/mol. The van der Waals surface area contributed by atoms with Gasteiger partial charge < -0.3 is 14.4 Å². The zero-order valence-electron chi connectivity index (χ0n) is 10.7. The Morgan fingerprint density at radius 1 is 1.16 bits per heavy atom. The number of fused-ring (bicyclic) bond motifs is 2. The smallest absolute Gasteiger partial charge is 0.201 e. The zero-order valence-corrected chi connectivity index (χ0v) is 10.7. The van der Waals surface area contributed by atoms with Gasteiger partial charge in [0.2, 0.25) is 5.43 Å². The molecule has 0 bridgehead atoms. The third kappa shape index (κ3) is 1.50. The van der Waals surface area contributed by atoms with Gasteiger partial charge in [0, 0.05) is 7.05 Å². The average Bonchev–Trinajstić information content (AvgIpc) is 2.43. The van der Waals surface area contributed by atoms with Gasteiger partial charge in [-0.2, -0.15) is 0 Å². The molecule has 0 aliphatic heterocycles. The van der Waals surface area contributed by atoms with Crippen molar-refractivity contribution in [1.82, 2.24) is 4.57 Å². The summed E-state index contributed by atoms with van der Waals surface area (Å²) in [5, 5.41) is 10.8. The highest BCUT2D eigenvalue weighted by molar-refractivity contribution is 5.98. The number of aryl methyl sites for hydroxylation is 1. The molecule has 0 fully saturated rings. The SMILES string of the molecule is COc1cccc2c(=O)c3c(O)cccc3n(C)c12. The summed E-state index contributed by atoms with van der Waals surface area (Å²) in [6.07, 6.45) is 0. The van der Waals surface area contributed by atoms with E-state index in [0.717, 1.165) is 5.52 Å². The summed E-state index contributed by atoms with van der Waals surface area (Å²) in [5.41, 5.74) is 1.23. The molecule has 19 heavy (non-hydrogen) atoms. The Balaban J connectivity index is 2.70. The third-order valence-electron chi connectivity index (χ3n) is 3.41. The summed E-state index contributed by atoms with van der Waals surface area (Å²) in [4.78, 5) is 12.5. The minimum atomic E-state index is -0.180. The number of para-hydroxylation sites is 1. The Hall–Kier alpha value is -2.49. The molecule has 0 unspecified atom stereocenters. The molecular formula is C15H13NO3. The maximum atomic E-state index is 12.5. The molecule has 0 aliphatic rings. The normalized spacial score (nSPS) is 11.1. The molecule has 0 atom stereocenters. The number of phenols is 1. The van der Waals surface area contributed by atoms with Crippen molar-refractivity contribution in [2.45, 2.75) is 0 Å². The van der Waals surface area contributed by atoms with E-state index in [1.807, 2.05) is 23.7 Å². The number of benzene rings is 2. The fourth-order valence-corrected chi connectivity index (χ4v) is 2.51. The van der Waals surface area contributed by atoms with Crippen LogP contribution in [0.1, 0.15) is 0 Å². The fraction of sp³-hybridized carbons (Fsp3) is 0.133. The Bertz CT molecular complexity index is 849. The van der Waals surface area contributed by atoms with Crippen LogP contribution in [0.15, 0.2) is 41.2 Å². The summed E-state index contributed by atoms with van der Waals surface area (Å²) in [6.45, 7) is 0. The lowest BCUT2D eigenvalue weighted by molar-refractivity contribution is 0.418. The molecule has 0 radical (unpaired) electrons. The van der Waals surface area contributed by atoms with Gasteiger partial charge in [0.15, 0.2) is 0 Å². The van der Waals surface area contributed by atoms with E-state index in [0.29, 0.717) is 22.0 Å². The van der Waals surface area contributed by atoms with E-state index in [4.69, 9.17) is 4.74 Å². The van der Waals surface area contributed by atoms with Crippen LogP contribution in [-0.2, 0) is 7.05 Å². The second-order valence-electron chi connectivity index (χ2n) is 4.42. The van der Waals surface area contributed by atoms with Crippen molar-refractivity contribution < 1.29 is 9.84 Å². The number of aromatic nitrogens is 1. The van der Waals surface area contributed by atoms with Gasteiger partial charge in [-0.05, 0) is 24.3 Å². The lowest BCUT2D eigenvalue weighted by atomic mass is 10.1. The zero-order chi connectivity index (χ0) is 13.6. The Morgan fingerprint density at radius 3 is 2.63 bits per heavy atom. The molecule has 3 rings (SSSR count). The molecule has 0 amide bonds. The van der Waals surface area contributed by atoms with E-state index in [2.05, 4.69) is 0 Å². The molecule has 1 heterocycles. The molecule has 96 valence electrons. The number of rotatable bonds is 1. The van der Waals surface area contributed by atoms with Gasteiger partial charge in [-0.1, -0.05) is 12.1 Å². The number of hydrogen-bond donors (Lipinski definition) is 1. The first kappa shape index (κ1) is 11.6. The second-order valence-corrected chi connectivity index (χ2v) is 4.42. The van der Waals surface area contributed by atoms with Crippen LogP contribution in [0, 0.1) is 0 Å². The lowest BCUT2D eigenvalue weighted by Gasteiger charge is -2.13. The maximum Gasteiger partial charge on any atom is 0.201 e. The van der Waals surface area contributed by atoms with E-state index >= 15 is 0 Å². The first-order valence-corrected chi connectivity index (χ1v) is 5.92. The number of methoxy groups -OCH3 is 1. The van der Waals surface area contributed by atoms with Gasteiger partial charge in [0.25, 0.3) is 0 Å². The number of aromatic hydroxyl groups is 1. The molecule has 3 aromatic rings. The Labute approximate surface area is 109 Å². The highest BCUT2D eigenvalue weighted by atomic mass is 16.5. The van der Waals surface area contributed by atoms with Crippen LogP contribution in [0.3, 0.4) is 0 Å². The molecule has 0 spiro atoms. The topological polar surface area (TPSA) is 51.5 Å².